The first-order valence-corrected chi connectivity index (χ1v) is 7.03. The fourth-order valence-electron chi connectivity index (χ4n) is 3.26. The minimum Gasteiger partial charge on any atom is -0.508 e. The topological polar surface area (TPSA) is 38.0 Å². The lowest BCUT2D eigenvalue weighted by molar-refractivity contribution is 0.476. The zero-order chi connectivity index (χ0) is 14.7. The van der Waals surface area contributed by atoms with Crippen molar-refractivity contribution in [3.8, 4) is 5.75 Å². The van der Waals surface area contributed by atoms with E-state index in [1.54, 1.807) is 6.07 Å². The van der Waals surface area contributed by atoms with Crippen LogP contribution in [0.15, 0.2) is 36.7 Å². The molecule has 0 fully saturated rings. The lowest BCUT2D eigenvalue weighted by Crippen LogP contribution is -1.93. The number of phenols is 1. The predicted molar refractivity (Wildman–Crippen MR) is 86.9 cm³/mol. The second-order valence-electron chi connectivity index (χ2n) is 5.72. The van der Waals surface area contributed by atoms with Gasteiger partial charge in [0.2, 0.25) is 0 Å². The van der Waals surface area contributed by atoms with Gasteiger partial charge >= 0.3 is 0 Å². The van der Waals surface area contributed by atoms with E-state index < -0.39 is 0 Å². The van der Waals surface area contributed by atoms with E-state index in [0.29, 0.717) is 0 Å². The molecule has 3 heteroatoms. The van der Waals surface area contributed by atoms with Gasteiger partial charge in [0.25, 0.3) is 0 Å². The number of fused-ring (bicyclic) bond motifs is 4. The standard InChI is InChI=1S/C18H16N2O/c1-10-15-9-20(3)7-6-13(15)11(2)18-17(10)14-8-12(21)4-5-16(14)19-18/h4-9,21H,1-3H3. The Morgan fingerprint density at radius 1 is 1.00 bits per heavy atom. The van der Waals surface area contributed by atoms with Gasteiger partial charge in [-0.15, -0.1) is 0 Å². The van der Waals surface area contributed by atoms with Gasteiger partial charge in [0, 0.05) is 35.6 Å². The van der Waals surface area contributed by atoms with Gasteiger partial charge in [0.15, 0.2) is 0 Å². The first kappa shape index (κ1) is 12.2. The lowest BCUT2D eigenvalue weighted by atomic mass is 9.97. The first-order valence-electron chi connectivity index (χ1n) is 7.03. The molecule has 3 nitrogen and oxygen atoms in total. The summed E-state index contributed by atoms with van der Waals surface area (Å²) in [6.45, 7) is 4.26. The molecule has 0 saturated heterocycles. The molecule has 0 spiro atoms. The molecule has 4 aromatic rings. The summed E-state index contributed by atoms with van der Waals surface area (Å²) in [5.41, 5.74) is 4.39. The van der Waals surface area contributed by atoms with Crippen molar-refractivity contribution in [1.82, 2.24) is 9.55 Å². The van der Waals surface area contributed by atoms with Gasteiger partial charge in [-0.05, 0) is 54.6 Å². The summed E-state index contributed by atoms with van der Waals surface area (Å²) in [6, 6.07) is 7.53. The second-order valence-corrected chi connectivity index (χ2v) is 5.72. The molecule has 1 N–H and O–H groups in total. The third kappa shape index (κ3) is 1.57. The summed E-state index contributed by atoms with van der Waals surface area (Å²) in [6.07, 6.45) is 4.22. The number of hydrogen-bond donors (Lipinski definition) is 1. The number of aryl methyl sites for hydroxylation is 3. The largest absolute Gasteiger partial charge is 0.508 e. The Balaban J connectivity index is 2.34. The zero-order valence-corrected chi connectivity index (χ0v) is 12.3. The van der Waals surface area contributed by atoms with Crippen molar-refractivity contribution in [1.29, 1.82) is 0 Å². The Morgan fingerprint density at radius 3 is 2.62 bits per heavy atom. The van der Waals surface area contributed by atoms with Crippen LogP contribution in [-0.4, -0.2) is 14.7 Å². The van der Waals surface area contributed by atoms with E-state index in [2.05, 4.69) is 36.9 Å². The molecule has 4 rings (SSSR count). The summed E-state index contributed by atoms with van der Waals surface area (Å²) >= 11 is 0. The van der Waals surface area contributed by atoms with E-state index in [0.717, 1.165) is 21.8 Å². The highest BCUT2D eigenvalue weighted by Crippen LogP contribution is 2.37. The summed E-state index contributed by atoms with van der Waals surface area (Å²) in [5, 5.41) is 14.5. The van der Waals surface area contributed by atoms with Crippen LogP contribution in [0.25, 0.3) is 32.6 Å². The van der Waals surface area contributed by atoms with Crippen molar-refractivity contribution in [3.05, 3.63) is 47.8 Å². The van der Waals surface area contributed by atoms with E-state index in [9.17, 15) is 5.11 Å². The quantitative estimate of drug-likeness (QED) is 0.522. The number of aromatic nitrogens is 2. The number of benzene rings is 2. The van der Waals surface area contributed by atoms with E-state index in [-0.39, 0.29) is 5.75 Å². The average molecular weight is 276 g/mol. The van der Waals surface area contributed by atoms with Crippen LogP contribution in [0.5, 0.6) is 5.75 Å². The van der Waals surface area contributed by atoms with Crippen LogP contribution in [-0.2, 0) is 7.05 Å². The first-order chi connectivity index (χ1) is 10.1. The molecule has 0 radical (unpaired) electrons. The number of aromatic hydroxyl groups is 1. The predicted octanol–water partition coefficient (Wildman–Crippen LogP) is 4.20. The van der Waals surface area contributed by atoms with Crippen molar-refractivity contribution in [2.24, 2.45) is 7.05 Å². The van der Waals surface area contributed by atoms with Crippen LogP contribution in [0.2, 0.25) is 0 Å². The maximum absolute atomic E-state index is 9.79. The molecule has 0 unspecified atom stereocenters. The van der Waals surface area contributed by atoms with E-state index in [1.165, 1.54) is 21.9 Å². The molecular formula is C18H16N2O. The molecule has 0 atom stereocenters. The van der Waals surface area contributed by atoms with E-state index in [4.69, 9.17) is 4.98 Å². The minimum absolute atomic E-state index is 0.285. The molecule has 0 aliphatic carbocycles. The summed E-state index contributed by atoms with van der Waals surface area (Å²) in [4.78, 5) is 4.77. The normalized spacial score (nSPS) is 11.8. The van der Waals surface area contributed by atoms with Crippen LogP contribution in [0.3, 0.4) is 0 Å². The summed E-state index contributed by atoms with van der Waals surface area (Å²) < 4.78 is 2.07. The van der Waals surface area contributed by atoms with Gasteiger partial charge < -0.3 is 9.67 Å². The highest BCUT2D eigenvalue weighted by atomic mass is 16.3. The molecular weight excluding hydrogens is 260 g/mol. The Bertz CT molecular complexity index is 1030. The van der Waals surface area contributed by atoms with Crippen molar-refractivity contribution in [3.63, 3.8) is 0 Å². The summed E-state index contributed by atoms with van der Waals surface area (Å²) in [5.74, 6) is 0.285. The Morgan fingerprint density at radius 2 is 1.81 bits per heavy atom. The molecule has 2 aromatic carbocycles. The molecule has 0 aliphatic rings. The van der Waals surface area contributed by atoms with Gasteiger partial charge in [-0.25, -0.2) is 4.98 Å². The smallest absolute Gasteiger partial charge is 0.116 e. The molecule has 2 aromatic heterocycles. The second kappa shape index (κ2) is 3.98. The van der Waals surface area contributed by atoms with Crippen molar-refractivity contribution in [2.75, 3.05) is 0 Å². The van der Waals surface area contributed by atoms with Gasteiger partial charge in [-0.2, -0.15) is 0 Å². The van der Waals surface area contributed by atoms with E-state index >= 15 is 0 Å². The SMILES string of the molecule is Cc1c2ccn(C)cc2c(C)c2c1nc1ccc(O)cc12. The van der Waals surface area contributed by atoms with Crippen molar-refractivity contribution < 1.29 is 5.11 Å². The van der Waals surface area contributed by atoms with Crippen molar-refractivity contribution in [2.45, 2.75) is 13.8 Å². The van der Waals surface area contributed by atoms with Gasteiger partial charge in [0.1, 0.15) is 5.75 Å². The molecule has 0 amide bonds. The highest BCUT2D eigenvalue weighted by molar-refractivity contribution is 6.16. The average Bonchev–Trinajstić information content (AvgIpc) is 2.83. The fourth-order valence-corrected chi connectivity index (χ4v) is 3.26. The lowest BCUT2D eigenvalue weighted by Gasteiger charge is -2.10. The maximum atomic E-state index is 9.79. The third-order valence-electron chi connectivity index (χ3n) is 4.36. The Hall–Kier alpha value is -2.55. The van der Waals surface area contributed by atoms with Crippen LogP contribution in [0.4, 0.5) is 0 Å². The molecule has 2 heterocycles. The third-order valence-corrected chi connectivity index (χ3v) is 4.36. The summed E-state index contributed by atoms with van der Waals surface area (Å²) in [7, 11) is 2.03. The van der Waals surface area contributed by atoms with E-state index in [1.807, 2.05) is 19.2 Å². The number of rotatable bonds is 0. The highest BCUT2D eigenvalue weighted by Gasteiger charge is 2.15. The van der Waals surface area contributed by atoms with Crippen LogP contribution in [0.1, 0.15) is 11.1 Å². The fraction of sp³-hybridized carbons (Fsp3) is 0.167. The molecule has 104 valence electrons. The number of pyridine rings is 1. The molecule has 0 bridgehead atoms. The maximum Gasteiger partial charge on any atom is 0.116 e. The Labute approximate surface area is 122 Å². The number of phenolic OH excluding ortho intramolecular Hbond substituents is 1. The number of hydrogen-bond acceptors (Lipinski definition) is 2. The van der Waals surface area contributed by atoms with Gasteiger partial charge in [-0.3, -0.25) is 0 Å². The molecule has 21 heavy (non-hydrogen) atoms. The molecule has 0 aliphatic heterocycles. The van der Waals surface area contributed by atoms with Gasteiger partial charge in [0.05, 0.1) is 11.0 Å². The zero-order valence-electron chi connectivity index (χ0n) is 12.3. The monoisotopic (exact) mass is 276 g/mol. The van der Waals surface area contributed by atoms with Crippen molar-refractivity contribution >= 4 is 32.6 Å². The van der Waals surface area contributed by atoms with Crippen LogP contribution < -0.4 is 0 Å². The van der Waals surface area contributed by atoms with Crippen LogP contribution in [0, 0.1) is 13.8 Å². The minimum atomic E-state index is 0.285. The van der Waals surface area contributed by atoms with Gasteiger partial charge in [-0.1, -0.05) is 0 Å². The molecule has 0 saturated carbocycles. The number of nitrogens with zero attached hydrogens (tertiary/aromatic N) is 2. The Kier molecular flexibility index (Phi) is 2.31. The van der Waals surface area contributed by atoms with Crippen LogP contribution >= 0.6 is 0 Å².